The van der Waals surface area contributed by atoms with Crippen molar-refractivity contribution in [1.29, 1.82) is 0 Å². The summed E-state index contributed by atoms with van der Waals surface area (Å²) in [5.74, 6) is -1.42. The van der Waals surface area contributed by atoms with E-state index in [1.54, 1.807) is 24.3 Å². The van der Waals surface area contributed by atoms with Crippen LogP contribution in [0.25, 0.3) is 0 Å². The van der Waals surface area contributed by atoms with Gasteiger partial charge in [0.05, 0.1) is 12.1 Å². The van der Waals surface area contributed by atoms with Crippen LogP contribution in [0.1, 0.15) is 10.4 Å². The van der Waals surface area contributed by atoms with Crippen molar-refractivity contribution in [2.24, 2.45) is 0 Å². The molecule has 1 unspecified atom stereocenters. The number of carboxylic acids is 1. The lowest BCUT2D eigenvalue weighted by Gasteiger charge is -2.29. The van der Waals surface area contributed by atoms with E-state index in [0.717, 1.165) is 0 Å². The highest BCUT2D eigenvalue weighted by Crippen LogP contribution is 2.06. The average Bonchev–Trinajstić information content (AvgIpc) is 2.40. The zero-order valence-electron chi connectivity index (χ0n) is 9.70. The maximum Gasteiger partial charge on any atom is 0.357 e. The highest BCUT2D eigenvalue weighted by atomic mass is 16.7. The van der Waals surface area contributed by atoms with Crippen molar-refractivity contribution in [2.45, 2.75) is 6.04 Å². The minimum Gasteiger partial charge on any atom is -0.480 e. The third-order valence-corrected chi connectivity index (χ3v) is 2.66. The van der Waals surface area contributed by atoms with Crippen LogP contribution in [-0.4, -0.2) is 47.8 Å². The van der Waals surface area contributed by atoms with Gasteiger partial charge in [-0.15, -0.1) is 5.06 Å². The Morgan fingerprint density at radius 3 is 2.72 bits per heavy atom. The number of hydroxylamine groups is 2. The molecule has 1 aliphatic heterocycles. The Labute approximate surface area is 104 Å². The van der Waals surface area contributed by atoms with Gasteiger partial charge in [0.15, 0.2) is 0 Å². The van der Waals surface area contributed by atoms with Crippen LogP contribution in [-0.2, 0) is 9.63 Å². The van der Waals surface area contributed by atoms with Gasteiger partial charge in [0.25, 0.3) is 0 Å². The number of carbonyl (C=O) groups excluding carboxylic acids is 1. The van der Waals surface area contributed by atoms with Gasteiger partial charge in [0.1, 0.15) is 6.04 Å². The molecule has 0 bridgehead atoms. The van der Waals surface area contributed by atoms with Crippen molar-refractivity contribution in [3.8, 4) is 0 Å². The number of carboxylic acid groups (broad SMARTS) is 1. The van der Waals surface area contributed by atoms with Crippen molar-refractivity contribution < 1.29 is 19.5 Å². The van der Waals surface area contributed by atoms with Gasteiger partial charge in [-0.1, -0.05) is 18.2 Å². The van der Waals surface area contributed by atoms with Crippen LogP contribution in [0.15, 0.2) is 30.3 Å². The summed E-state index contributed by atoms with van der Waals surface area (Å²) in [6.45, 7) is 1.09. The molecule has 0 spiro atoms. The zero-order valence-corrected chi connectivity index (χ0v) is 9.70. The van der Waals surface area contributed by atoms with Crippen molar-refractivity contribution >= 4 is 11.9 Å². The molecule has 18 heavy (non-hydrogen) atoms. The van der Waals surface area contributed by atoms with Gasteiger partial charge in [-0.05, 0) is 12.1 Å². The fourth-order valence-corrected chi connectivity index (χ4v) is 1.72. The van der Waals surface area contributed by atoms with Crippen molar-refractivity contribution in [3.05, 3.63) is 35.9 Å². The van der Waals surface area contributed by atoms with Crippen LogP contribution in [0.3, 0.4) is 0 Å². The number of benzene rings is 1. The molecule has 6 nitrogen and oxygen atoms in total. The molecule has 0 amide bonds. The second-order valence-electron chi connectivity index (χ2n) is 3.98. The van der Waals surface area contributed by atoms with Gasteiger partial charge in [-0.3, -0.25) is 4.79 Å². The highest BCUT2D eigenvalue weighted by molar-refractivity contribution is 5.89. The fraction of sp³-hybridized carbons (Fsp3) is 0.333. The smallest absolute Gasteiger partial charge is 0.357 e. The van der Waals surface area contributed by atoms with E-state index in [2.05, 4.69) is 5.32 Å². The Morgan fingerprint density at radius 1 is 1.33 bits per heavy atom. The van der Waals surface area contributed by atoms with E-state index >= 15 is 0 Å². The Hall–Kier alpha value is -1.92. The van der Waals surface area contributed by atoms with Crippen LogP contribution >= 0.6 is 0 Å². The summed E-state index contributed by atoms with van der Waals surface area (Å²) < 4.78 is 0. The number of nitrogens with one attached hydrogen (secondary N) is 1. The van der Waals surface area contributed by atoms with Gasteiger partial charge in [0.2, 0.25) is 0 Å². The van der Waals surface area contributed by atoms with Crippen LogP contribution in [0.2, 0.25) is 0 Å². The Kier molecular flexibility index (Phi) is 3.91. The minimum atomic E-state index is -0.949. The molecule has 1 atom stereocenters. The maximum atomic E-state index is 11.8. The van der Waals surface area contributed by atoms with Gasteiger partial charge in [-0.25, -0.2) is 4.79 Å². The van der Waals surface area contributed by atoms with Crippen LogP contribution in [0, 0.1) is 0 Å². The predicted octanol–water partition coefficient (Wildman–Crippen LogP) is 0.117. The normalized spacial score (nSPS) is 20.3. The number of hydrogen-bond acceptors (Lipinski definition) is 5. The van der Waals surface area contributed by atoms with Crippen LogP contribution in [0.4, 0.5) is 0 Å². The quantitative estimate of drug-likeness (QED) is 0.793. The van der Waals surface area contributed by atoms with Gasteiger partial charge < -0.3 is 15.3 Å². The summed E-state index contributed by atoms with van der Waals surface area (Å²) >= 11 is 0. The number of aliphatic carboxylic acids is 1. The first-order valence-corrected chi connectivity index (χ1v) is 5.65. The molecule has 1 aromatic carbocycles. The molecular weight excluding hydrogens is 236 g/mol. The lowest BCUT2D eigenvalue weighted by Crippen LogP contribution is -2.54. The summed E-state index contributed by atoms with van der Waals surface area (Å²) in [6.07, 6.45) is 0. The molecule has 0 saturated carbocycles. The zero-order chi connectivity index (χ0) is 13.0. The summed E-state index contributed by atoms with van der Waals surface area (Å²) in [4.78, 5) is 27.7. The molecule has 1 aromatic rings. The Balaban J connectivity index is 1.93. The second kappa shape index (κ2) is 5.61. The third kappa shape index (κ3) is 3.06. The number of rotatable bonds is 3. The molecule has 0 radical (unpaired) electrons. The van der Waals surface area contributed by atoms with E-state index in [1.807, 2.05) is 6.07 Å². The Bertz CT molecular complexity index is 435. The minimum absolute atomic E-state index is 0.147. The monoisotopic (exact) mass is 250 g/mol. The van der Waals surface area contributed by atoms with Crippen LogP contribution in [0.5, 0.6) is 0 Å². The molecule has 0 aromatic heterocycles. The molecule has 96 valence electrons. The molecular formula is C12H14N2O4. The average molecular weight is 250 g/mol. The fourth-order valence-electron chi connectivity index (χ4n) is 1.72. The second-order valence-corrected chi connectivity index (χ2v) is 3.98. The molecule has 1 heterocycles. The van der Waals surface area contributed by atoms with E-state index in [4.69, 9.17) is 9.94 Å². The SMILES string of the molecule is O=C(ON1CCNC(C(=O)O)C1)c1ccccc1. The van der Waals surface area contributed by atoms with E-state index in [9.17, 15) is 9.59 Å². The topological polar surface area (TPSA) is 78.9 Å². The van der Waals surface area contributed by atoms with Crippen molar-refractivity contribution in [3.63, 3.8) is 0 Å². The van der Waals surface area contributed by atoms with Gasteiger partial charge >= 0.3 is 11.9 Å². The molecule has 1 aliphatic rings. The molecule has 0 aliphatic carbocycles. The summed E-state index contributed by atoms with van der Waals surface area (Å²) in [7, 11) is 0. The Morgan fingerprint density at radius 2 is 2.06 bits per heavy atom. The summed E-state index contributed by atoms with van der Waals surface area (Å²) in [6, 6.07) is 7.89. The first-order chi connectivity index (χ1) is 8.66. The van der Waals surface area contributed by atoms with E-state index in [1.165, 1.54) is 5.06 Å². The third-order valence-electron chi connectivity index (χ3n) is 2.66. The number of carbonyl (C=O) groups is 2. The van der Waals surface area contributed by atoms with Gasteiger partial charge in [-0.2, -0.15) is 0 Å². The highest BCUT2D eigenvalue weighted by Gasteiger charge is 2.27. The van der Waals surface area contributed by atoms with Gasteiger partial charge in [0, 0.05) is 13.1 Å². The molecule has 1 saturated heterocycles. The number of piperazine rings is 1. The van der Waals surface area contributed by atoms with E-state index < -0.39 is 18.0 Å². The van der Waals surface area contributed by atoms with E-state index in [-0.39, 0.29) is 6.54 Å². The lowest BCUT2D eigenvalue weighted by atomic mass is 10.2. The van der Waals surface area contributed by atoms with Crippen LogP contribution < -0.4 is 5.32 Å². The number of nitrogens with zero attached hydrogens (tertiary/aromatic N) is 1. The summed E-state index contributed by atoms with van der Waals surface area (Å²) in [5.41, 5.74) is 0.447. The molecule has 6 heteroatoms. The van der Waals surface area contributed by atoms with Crippen molar-refractivity contribution in [2.75, 3.05) is 19.6 Å². The predicted molar refractivity (Wildman–Crippen MR) is 62.9 cm³/mol. The molecule has 2 N–H and O–H groups in total. The first kappa shape index (κ1) is 12.5. The standard InChI is InChI=1S/C12H14N2O4/c15-11(16)10-8-14(7-6-13-10)18-12(17)9-4-2-1-3-5-9/h1-5,10,13H,6-8H2,(H,15,16). The lowest BCUT2D eigenvalue weighted by molar-refractivity contribution is -0.152. The first-order valence-electron chi connectivity index (χ1n) is 5.65. The molecule has 2 rings (SSSR count). The van der Waals surface area contributed by atoms with E-state index in [0.29, 0.717) is 18.7 Å². The molecule has 1 fully saturated rings. The van der Waals surface area contributed by atoms with Crippen molar-refractivity contribution in [1.82, 2.24) is 10.4 Å². The summed E-state index contributed by atoms with van der Waals surface area (Å²) in [5, 5.41) is 13.1. The number of hydrogen-bond donors (Lipinski definition) is 2. The largest absolute Gasteiger partial charge is 0.480 e. The maximum absolute atomic E-state index is 11.8.